The van der Waals surface area contributed by atoms with Gasteiger partial charge in [-0.2, -0.15) is 0 Å². The first kappa shape index (κ1) is 10.5. The fraction of sp³-hybridized carbons (Fsp3) is 1.00. The van der Waals surface area contributed by atoms with Crippen LogP contribution in [0.4, 0.5) is 0 Å². The van der Waals surface area contributed by atoms with E-state index in [1.165, 1.54) is 6.42 Å². The lowest BCUT2D eigenvalue weighted by Gasteiger charge is -2.22. The third-order valence-electron chi connectivity index (χ3n) is 4.73. The summed E-state index contributed by atoms with van der Waals surface area (Å²) in [6.07, 6.45) is 6.15. The lowest BCUT2D eigenvalue weighted by atomic mass is 9.83. The topological polar surface area (TPSA) is 0 Å². The van der Waals surface area contributed by atoms with Crippen molar-refractivity contribution in [2.75, 3.05) is 0 Å². The molecule has 2 saturated carbocycles. The first-order valence-electron chi connectivity index (χ1n) is 6.59. The maximum Gasteiger partial charge on any atom is -0.0352 e. The van der Waals surface area contributed by atoms with Crippen molar-refractivity contribution in [2.24, 2.45) is 35.5 Å². The van der Waals surface area contributed by atoms with Crippen LogP contribution < -0.4 is 0 Å². The van der Waals surface area contributed by atoms with Gasteiger partial charge in [-0.1, -0.05) is 27.7 Å². The molecule has 2 rings (SSSR count). The number of hydrogen-bond donors (Lipinski definition) is 0. The number of rotatable bonds is 3. The van der Waals surface area contributed by atoms with Crippen molar-refractivity contribution < 1.29 is 0 Å². The highest BCUT2D eigenvalue weighted by atomic mass is 14.5. The minimum Gasteiger partial charge on any atom is -0.0625 e. The van der Waals surface area contributed by atoms with Gasteiger partial charge in [-0.3, -0.25) is 0 Å². The Labute approximate surface area is 89.5 Å². The van der Waals surface area contributed by atoms with E-state index in [1.807, 2.05) is 0 Å². The zero-order valence-electron chi connectivity index (χ0n) is 10.3. The van der Waals surface area contributed by atoms with Crippen LogP contribution in [-0.4, -0.2) is 0 Å². The van der Waals surface area contributed by atoms with Gasteiger partial charge in [0.25, 0.3) is 0 Å². The molecule has 0 saturated heterocycles. The number of hydrogen-bond acceptors (Lipinski definition) is 0. The Morgan fingerprint density at radius 1 is 0.857 bits per heavy atom. The molecule has 14 heavy (non-hydrogen) atoms. The van der Waals surface area contributed by atoms with Gasteiger partial charge in [0.05, 0.1) is 0 Å². The van der Waals surface area contributed by atoms with Crippen LogP contribution in [0.2, 0.25) is 0 Å². The second-order valence-electron chi connectivity index (χ2n) is 6.38. The maximum absolute atomic E-state index is 2.43. The van der Waals surface area contributed by atoms with Gasteiger partial charge in [0.2, 0.25) is 0 Å². The van der Waals surface area contributed by atoms with Gasteiger partial charge in [-0.15, -0.1) is 0 Å². The van der Waals surface area contributed by atoms with Gasteiger partial charge >= 0.3 is 0 Å². The fourth-order valence-electron chi connectivity index (χ4n) is 3.52. The molecule has 0 heterocycles. The molecule has 0 aromatic carbocycles. The Bertz CT molecular complexity index is 178. The third kappa shape index (κ3) is 1.99. The highest BCUT2D eigenvalue weighted by Crippen LogP contribution is 2.53. The summed E-state index contributed by atoms with van der Waals surface area (Å²) in [6, 6.07) is 0. The van der Waals surface area contributed by atoms with E-state index in [0.29, 0.717) is 0 Å². The predicted octanol–water partition coefficient (Wildman–Crippen LogP) is 4.35. The quantitative estimate of drug-likeness (QED) is 0.626. The van der Waals surface area contributed by atoms with Crippen LogP contribution in [0.1, 0.15) is 53.4 Å². The Balaban J connectivity index is 2.00. The van der Waals surface area contributed by atoms with Crippen molar-refractivity contribution in [2.45, 2.75) is 53.4 Å². The van der Waals surface area contributed by atoms with Crippen LogP contribution in [0.25, 0.3) is 0 Å². The van der Waals surface area contributed by atoms with Gasteiger partial charge in [0.15, 0.2) is 0 Å². The first-order valence-corrected chi connectivity index (χ1v) is 6.59. The van der Waals surface area contributed by atoms with Gasteiger partial charge < -0.3 is 0 Å². The summed E-state index contributed by atoms with van der Waals surface area (Å²) in [7, 11) is 0. The molecular formula is C14H26. The van der Waals surface area contributed by atoms with E-state index >= 15 is 0 Å². The molecule has 2 fully saturated rings. The Morgan fingerprint density at radius 2 is 1.50 bits per heavy atom. The second-order valence-corrected chi connectivity index (χ2v) is 6.38. The van der Waals surface area contributed by atoms with Crippen molar-refractivity contribution in [1.82, 2.24) is 0 Å². The van der Waals surface area contributed by atoms with Crippen LogP contribution in [-0.2, 0) is 0 Å². The van der Waals surface area contributed by atoms with Crippen molar-refractivity contribution in [3.8, 4) is 0 Å². The molecule has 2 aliphatic rings. The van der Waals surface area contributed by atoms with Crippen molar-refractivity contribution in [3.63, 3.8) is 0 Å². The summed E-state index contributed by atoms with van der Waals surface area (Å²) in [5.41, 5.74) is 0. The monoisotopic (exact) mass is 194 g/mol. The predicted molar refractivity (Wildman–Crippen MR) is 62.1 cm³/mol. The second kappa shape index (κ2) is 3.87. The van der Waals surface area contributed by atoms with Crippen LogP contribution in [0.3, 0.4) is 0 Å². The highest BCUT2D eigenvalue weighted by molar-refractivity contribution is 4.94. The summed E-state index contributed by atoms with van der Waals surface area (Å²) >= 11 is 0. The SMILES string of the molecule is CC(C)C1CC(C(C)C)C(C2CC2)C1. The molecule has 0 amide bonds. The molecule has 0 aromatic heterocycles. The van der Waals surface area contributed by atoms with Crippen LogP contribution in [0, 0.1) is 35.5 Å². The molecule has 0 spiro atoms. The van der Waals surface area contributed by atoms with E-state index in [0.717, 1.165) is 35.5 Å². The molecule has 0 aliphatic heterocycles. The molecule has 2 aliphatic carbocycles. The summed E-state index contributed by atoms with van der Waals surface area (Å²) < 4.78 is 0. The first-order chi connectivity index (χ1) is 6.59. The molecule has 0 N–H and O–H groups in total. The van der Waals surface area contributed by atoms with E-state index in [-0.39, 0.29) is 0 Å². The molecular weight excluding hydrogens is 168 g/mol. The molecule has 3 unspecified atom stereocenters. The molecule has 0 aromatic rings. The zero-order valence-corrected chi connectivity index (χ0v) is 10.3. The molecule has 82 valence electrons. The van der Waals surface area contributed by atoms with E-state index in [4.69, 9.17) is 0 Å². The van der Waals surface area contributed by atoms with Gasteiger partial charge in [0, 0.05) is 0 Å². The van der Waals surface area contributed by atoms with E-state index < -0.39 is 0 Å². The van der Waals surface area contributed by atoms with Crippen LogP contribution >= 0.6 is 0 Å². The maximum atomic E-state index is 2.43. The lowest BCUT2D eigenvalue weighted by Crippen LogP contribution is -2.15. The summed E-state index contributed by atoms with van der Waals surface area (Å²) in [5.74, 6) is 6.15. The van der Waals surface area contributed by atoms with Crippen molar-refractivity contribution >= 4 is 0 Å². The molecule has 0 bridgehead atoms. The standard InChI is InChI=1S/C14H26/c1-9(2)12-7-13(10(3)4)14(8-12)11-5-6-11/h9-14H,5-8H2,1-4H3. The average Bonchev–Trinajstić information content (AvgIpc) is 2.83. The van der Waals surface area contributed by atoms with Crippen molar-refractivity contribution in [3.05, 3.63) is 0 Å². The van der Waals surface area contributed by atoms with E-state index in [2.05, 4.69) is 27.7 Å². The molecule has 3 atom stereocenters. The minimum atomic E-state index is 0.917. The summed E-state index contributed by atoms with van der Waals surface area (Å²) in [5, 5.41) is 0. The Hall–Kier alpha value is 0. The third-order valence-corrected chi connectivity index (χ3v) is 4.73. The van der Waals surface area contributed by atoms with E-state index in [1.54, 1.807) is 19.3 Å². The molecule has 0 radical (unpaired) electrons. The normalized spacial score (nSPS) is 38.6. The summed E-state index contributed by atoms with van der Waals surface area (Å²) in [4.78, 5) is 0. The fourth-order valence-corrected chi connectivity index (χ4v) is 3.52. The van der Waals surface area contributed by atoms with Gasteiger partial charge in [0.1, 0.15) is 0 Å². The smallest absolute Gasteiger partial charge is 0.0352 e. The zero-order chi connectivity index (χ0) is 10.3. The van der Waals surface area contributed by atoms with Crippen LogP contribution in [0.5, 0.6) is 0 Å². The largest absolute Gasteiger partial charge is 0.0625 e. The Kier molecular flexibility index (Phi) is 2.91. The summed E-state index contributed by atoms with van der Waals surface area (Å²) in [6.45, 7) is 9.69. The van der Waals surface area contributed by atoms with Crippen molar-refractivity contribution in [1.29, 1.82) is 0 Å². The van der Waals surface area contributed by atoms with E-state index in [9.17, 15) is 0 Å². The minimum absolute atomic E-state index is 0.917. The van der Waals surface area contributed by atoms with Crippen LogP contribution in [0.15, 0.2) is 0 Å². The highest BCUT2D eigenvalue weighted by Gasteiger charge is 2.44. The lowest BCUT2D eigenvalue weighted by molar-refractivity contribution is 0.267. The average molecular weight is 194 g/mol. The van der Waals surface area contributed by atoms with Gasteiger partial charge in [-0.25, -0.2) is 0 Å². The van der Waals surface area contributed by atoms with Gasteiger partial charge in [-0.05, 0) is 61.2 Å². The Morgan fingerprint density at radius 3 is 1.93 bits per heavy atom. The molecule has 0 heteroatoms. The molecule has 0 nitrogen and oxygen atoms in total.